The fourth-order valence-electron chi connectivity index (χ4n) is 1.69. The van der Waals surface area contributed by atoms with E-state index in [0.29, 0.717) is 5.69 Å². The van der Waals surface area contributed by atoms with Crippen molar-refractivity contribution in [3.8, 4) is 6.07 Å². The van der Waals surface area contributed by atoms with Crippen LogP contribution in [0.5, 0.6) is 0 Å². The fraction of sp³-hybridized carbons (Fsp3) is 0.538. The van der Waals surface area contributed by atoms with Crippen LogP contribution < -0.4 is 4.90 Å². The molecule has 0 radical (unpaired) electrons. The van der Waals surface area contributed by atoms with Crippen LogP contribution in [0.4, 0.5) is 5.69 Å². The molecule has 4 nitrogen and oxygen atoms in total. The average Bonchev–Trinajstić information content (AvgIpc) is 2.34. The summed E-state index contributed by atoms with van der Waals surface area (Å²) in [7, 11) is 4.17. The molecule has 0 saturated carbocycles. The van der Waals surface area contributed by atoms with Gasteiger partial charge >= 0.3 is 0 Å². The molecule has 92 valence electrons. The summed E-state index contributed by atoms with van der Waals surface area (Å²) in [6.45, 7) is 5.19. The summed E-state index contributed by atoms with van der Waals surface area (Å²) < 4.78 is 0. The van der Waals surface area contributed by atoms with E-state index in [-0.39, 0.29) is 0 Å². The van der Waals surface area contributed by atoms with Crippen LogP contribution in [0.3, 0.4) is 0 Å². The number of aromatic nitrogens is 1. The van der Waals surface area contributed by atoms with Crippen LogP contribution in [0.1, 0.15) is 19.0 Å². The van der Waals surface area contributed by atoms with E-state index in [2.05, 4.69) is 35.8 Å². The second-order valence-corrected chi connectivity index (χ2v) is 4.25. The summed E-state index contributed by atoms with van der Waals surface area (Å²) >= 11 is 0. The summed E-state index contributed by atoms with van der Waals surface area (Å²) in [6, 6.07) is 5.76. The van der Waals surface area contributed by atoms with Gasteiger partial charge in [0.25, 0.3) is 0 Å². The van der Waals surface area contributed by atoms with Crippen LogP contribution in [0, 0.1) is 11.3 Å². The van der Waals surface area contributed by atoms with Crippen LogP contribution in [-0.2, 0) is 0 Å². The van der Waals surface area contributed by atoms with Gasteiger partial charge in [0.15, 0.2) is 0 Å². The van der Waals surface area contributed by atoms with Crippen LogP contribution in [0.25, 0.3) is 0 Å². The van der Waals surface area contributed by atoms with E-state index in [9.17, 15) is 0 Å². The third kappa shape index (κ3) is 4.41. The van der Waals surface area contributed by atoms with Crippen molar-refractivity contribution in [1.29, 1.82) is 5.26 Å². The Kier molecular flexibility index (Phi) is 5.44. The van der Waals surface area contributed by atoms with E-state index in [0.717, 1.165) is 31.7 Å². The third-order valence-corrected chi connectivity index (χ3v) is 2.64. The maximum atomic E-state index is 8.70. The molecule has 0 aliphatic heterocycles. The molecule has 0 aliphatic carbocycles. The number of nitrogens with zero attached hydrogens (tertiary/aromatic N) is 4. The molecule has 0 aliphatic rings. The second kappa shape index (κ2) is 6.87. The SMILES string of the molecule is CCN(CCCN(C)C)c1ccc(C#N)nc1. The summed E-state index contributed by atoms with van der Waals surface area (Å²) in [6.07, 6.45) is 2.90. The largest absolute Gasteiger partial charge is 0.371 e. The Bertz CT molecular complexity index is 364. The Morgan fingerprint density at radius 2 is 2.06 bits per heavy atom. The molecule has 17 heavy (non-hydrogen) atoms. The molecule has 0 unspecified atom stereocenters. The maximum Gasteiger partial charge on any atom is 0.140 e. The Balaban J connectivity index is 2.57. The van der Waals surface area contributed by atoms with Gasteiger partial charge in [0.05, 0.1) is 11.9 Å². The minimum Gasteiger partial charge on any atom is -0.371 e. The van der Waals surface area contributed by atoms with Gasteiger partial charge in [-0.15, -0.1) is 0 Å². The molecule has 0 spiro atoms. The summed E-state index contributed by atoms with van der Waals surface area (Å²) in [4.78, 5) is 8.56. The molecule has 1 aromatic rings. The highest BCUT2D eigenvalue weighted by Gasteiger charge is 2.04. The molecule has 4 heteroatoms. The lowest BCUT2D eigenvalue weighted by Gasteiger charge is -2.23. The number of rotatable bonds is 6. The highest BCUT2D eigenvalue weighted by Crippen LogP contribution is 2.13. The second-order valence-electron chi connectivity index (χ2n) is 4.25. The molecule has 0 amide bonds. The molecule has 0 saturated heterocycles. The van der Waals surface area contributed by atoms with E-state index in [1.54, 1.807) is 12.3 Å². The molecule has 1 rings (SSSR count). The monoisotopic (exact) mass is 232 g/mol. The zero-order valence-corrected chi connectivity index (χ0v) is 10.8. The number of hydrogen-bond donors (Lipinski definition) is 0. The standard InChI is InChI=1S/C13H20N4/c1-4-17(9-5-8-16(2)3)13-7-6-12(10-14)15-11-13/h6-7,11H,4-5,8-9H2,1-3H3. The van der Waals surface area contributed by atoms with Crippen LogP contribution >= 0.6 is 0 Å². The van der Waals surface area contributed by atoms with Gasteiger partial charge in [0.1, 0.15) is 11.8 Å². The van der Waals surface area contributed by atoms with Crippen LogP contribution in [-0.4, -0.2) is 43.6 Å². The van der Waals surface area contributed by atoms with E-state index in [1.165, 1.54) is 0 Å². The normalized spacial score (nSPS) is 10.3. The Hall–Kier alpha value is -1.60. The van der Waals surface area contributed by atoms with Gasteiger partial charge in [-0.25, -0.2) is 4.98 Å². The van der Waals surface area contributed by atoms with E-state index in [4.69, 9.17) is 5.26 Å². The van der Waals surface area contributed by atoms with Gasteiger partial charge < -0.3 is 9.80 Å². The minimum absolute atomic E-state index is 0.470. The number of anilines is 1. The van der Waals surface area contributed by atoms with Gasteiger partial charge in [-0.3, -0.25) is 0 Å². The number of hydrogen-bond acceptors (Lipinski definition) is 4. The smallest absolute Gasteiger partial charge is 0.140 e. The van der Waals surface area contributed by atoms with Gasteiger partial charge in [-0.2, -0.15) is 5.26 Å². The number of pyridine rings is 1. The Morgan fingerprint density at radius 1 is 1.29 bits per heavy atom. The van der Waals surface area contributed by atoms with Crippen molar-refractivity contribution in [3.63, 3.8) is 0 Å². The van der Waals surface area contributed by atoms with E-state index >= 15 is 0 Å². The van der Waals surface area contributed by atoms with Crippen molar-refractivity contribution in [2.75, 3.05) is 38.6 Å². The van der Waals surface area contributed by atoms with Crippen molar-refractivity contribution >= 4 is 5.69 Å². The van der Waals surface area contributed by atoms with Crippen molar-refractivity contribution in [1.82, 2.24) is 9.88 Å². The van der Waals surface area contributed by atoms with Gasteiger partial charge in [-0.05, 0) is 46.1 Å². The molecule has 0 bridgehead atoms. The van der Waals surface area contributed by atoms with Crippen molar-refractivity contribution in [2.24, 2.45) is 0 Å². The molecular formula is C13H20N4. The summed E-state index contributed by atoms with van der Waals surface area (Å²) in [5.41, 5.74) is 1.56. The number of nitriles is 1. The van der Waals surface area contributed by atoms with Crippen molar-refractivity contribution in [3.05, 3.63) is 24.0 Å². The van der Waals surface area contributed by atoms with Crippen molar-refractivity contribution < 1.29 is 0 Å². The minimum atomic E-state index is 0.470. The first-order valence-corrected chi connectivity index (χ1v) is 5.93. The zero-order valence-electron chi connectivity index (χ0n) is 10.8. The van der Waals surface area contributed by atoms with Gasteiger partial charge in [0, 0.05) is 13.1 Å². The van der Waals surface area contributed by atoms with Crippen LogP contribution in [0.15, 0.2) is 18.3 Å². The lowest BCUT2D eigenvalue weighted by molar-refractivity contribution is 0.400. The Labute approximate surface area is 103 Å². The molecule has 1 aromatic heterocycles. The molecular weight excluding hydrogens is 212 g/mol. The van der Waals surface area contributed by atoms with Gasteiger partial charge in [-0.1, -0.05) is 0 Å². The molecule has 0 N–H and O–H groups in total. The third-order valence-electron chi connectivity index (χ3n) is 2.64. The average molecular weight is 232 g/mol. The highest BCUT2D eigenvalue weighted by molar-refractivity contribution is 5.45. The van der Waals surface area contributed by atoms with E-state index < -0.39 is 0 Å². The fourth-order valence-corrected chi connectivity index (χ4v) is 1.69. The first kappa shape index (κ1) is 13.5. The lowest BCUT2D eigenvalue weighted by atomic mass is 10.3. The van der Waals surface area contributed by atoms with E-state index in [1.807, 2.05) is 12.1 Å². The predicted octanol–water partition coefficient (Wildman–Crippen LogP) is 1.73. The summed E-state index contributed by atoms with van der Waals surface area (Å²) in [5.74, 6) is 0. The van der Waals surface area contributed by atoms with Gasteiger partial charge in [0.2, 0.25) is 0 Å². The molecule has 0 fully saturated rings. The summed E-state index contributed by atoms with van der Waals surface area (Å²) in [5, 5.41) is 8.70. The first-order valence-electron chi connectivity index (χ1n) is 5.93. The maximum absolute atomic E-state index is 8.70. The topological polar surface area (TPSA) is 43.2 Å². The first-order chi connectivity index (χ1) is 8.17. The molecule has 1 heterocycles. The van der Waals surface area contributed by atoms with Crippen molar-refractivity contribution in [2.45, 2.75) is 13.3 Å². The van der Waals surface area contributed by atoms with Crippen LogP contribution in [0.2, 0.25) is 0 Å². The lowest BCUT2D eigenvalue weighted by Crippen LogP contribution is -2.27. The Morgan fingerprint density at radius 3 is 2.53 bits per heavy atom. The molecule has 0 aromatic carbocycles. The predicted molar refractivity (Wildman–Crippen MR) is 70.0 cm³/mol. The quantitative estimate of drug-likeness (QED) is 0.749. The highest BCUT2D eigenvalue weighted by atomic mass is 15.1. The molecule has 0 atom stereocenters. The zero-order chi connectivity index (χ0) is 12.7.